The number of hydrogen-bond donors (Lipinski definition) is 1. The van der Waals surface area contributed by atoms with Crippen molar-refractivity contribution in [2.24, 2.45) is 7.05 Å². The third-order valence-corrected chi connectivity index (χ3v) is 3.13. The lowest BCUT2D eigenvalue weighted by atomic mass is 10.1. The van der Waals surface area contributed by atoms with Gasteiger partial charge in [-0.25, -0.2) is 9.67 Å². The van der Waals surface area contributed by atoms with E-state index in [-0.39, 0.29) is 5.91 Å². The number of fused-ring (bicyclic) bond motifs is 1. The minimum atomic E-state index is 0.0156. The molecule has 0 fully saturated rings. The summed E-state index contributed by atoms with van der Waals surface area (Å²) in [5.74, 6) is 0.630. The Labute approximate surface area is 113 Å². The number of nitrogens with zero attached hydrogens (tertiary/aromatic N) is 3. The van der Waals surface area contributed by atoms with Crippen LogP contribution < -0.4 is 5.32 Å². The number of nitrogens with one attached hydrogen (secondary N) is 1. The first-order valence-electron chi connectivity index (χ1n) is 6.63. The van der Waals surface area contributed by atoms with Crippen molar-refractivity contribution in [1.29, 1.82) is 0 Å². The predicted octanol–water partition coefficient (Wildman–Crippen LogP) is 2.71. The zero-order valence-corrected chi connectivity index (χ0v) is 11.9. The van der Waals surface area contributed by atoms with Crippen LogP contribution in [0.2, 0.25) is 0 Å². The fourth-order valence-corrected chi connectivity index (χ4v) is 2.21. The first kappa shape index (κ1) is 13.5. The minimum absolute atomic E-state index is 0.0156. The number of aryl methyl sites for hydroxylation is 3. The highest BCUT2D eigenvalue weighted by Gasteiger charge is 2.14. The van der Waals surface area contributed by atoms with Crippen LogP contribution in [0, 0.1) is 13.8 Å². The standard InChI is InChI=1S/C14H20N4O/c1-5-6-7-11(19)16-13-12-9(2)8-10(3)15-14(12)18(4)17-13/h8H,5-7H2,1-4H3,(H,16,17,19). The lowest BCUT2D eigenvalue weighted by Gasteiger charge is -2.03. The topological polar surface area (TPSA) is 59.8 Å². The number of carbonyl (C=O) groups excluding carboxylic acids is 1. The van der Waals surface area contributed by atoms with Crippen molar-refractivity contribution in [3.05, 3.63) is 17.3 Å². The summed E-state index contributed by atoms with van der Waals surface area (Å²) in [6, 6.07) is 2.01. The van der Waals surface area contributed by atoms with E-state index in [2.05, 4.69) is 22.3 Å². The van der Waals surface area contributed by atoms with Gasteiger partial charge in [-0.2, -0.15) is 5.10 Å². The van der Waals surface area contributed by atoms with Crippen LogP contribution >= 0.6 is 0 Å². The summed E-state index contributed by atoms with van der Waals surface area (Å²) in [6.07, 6.45) is 2.44. The molecule has 5 nitrogen and oxygen atoms in total. The largest absolute Gasteiger partial charge is 0.309 e. The zero-order chi connectivity index (χ0) is 14.0. The molecule has 0 radical (unpaired) electrons. The Morgan fingerprint density at radius 3 is 2.84 bits per heavy atom. The number of anilines is 1. The summed E-state index contributed by atoms with van der Waals surface area (Å²) < 4.78 is 1.71. The number of hydrogen-bond acceptors (Lipinski definition) is 3. The predicted molar refractivity (Wildman–Crippen MR) is 76.1 cm³/mol. The van der Waals surface area contributed by atoms with Crippen LogP contribution in [0.1, 0.15) is 37.4 Å². The van der Waals surface area contributed by atoms with Crippen LogP contribution in [0.25, 0.3) is 11.0 Å². The summed E-state index contributed by atoms with van der Waals surface area (Å²) >= 11 is 0. The molecule has 5 heteroatoms. The summed E-state index contributed by atoms with van der Waals surface area (Å²) in [5, 5.41) is 8.18. The molecule has 0 bridgehead atoms. The van der Waals surface area contributed by atoms with Crippen LogP contribution in [0.3, 0.4) is 0 Å². The number of rotatable bonds is 4. The summed E-state index contributed by atoms with van der Waals surface area (Å²) in [4.78, 5) is 16.3. The minimum Gasteiger partial charge on any atom is -0.309 e. The molecule has 0 aliphatic carbocycles. The molecule has 2 aromatic rings. The molecule has 19 heavy (non-hydrogen) atoms. The van der Waals surface area contributed by atoms with Gasteiger partial charge in [0.1, 0.15) is 0 Å². The van der Waals surface area contributed by atoms with Gasteiger partial charge >= 0.3 is 0 Å². The quantitative estimate of drug-likeness (QED) is 0.919. The number of unbranched alkanes of at least 4 members (excludes halogenated alkanes) is 1. The van der Waals surface area contributed by atoms with E-state index in [1.165, 1.54) is 0 Å². The normalized spacial score (nSPS) is 10.9. The first-order chi connectivity index (χ1) is 9.02. The fourth-order valence-electron chi connectivity index (χ4n) is 2.21. The van der Waals surface area contributed by atoms with Crippen molar-refractivity contribution in [3.63, 3.8) is 0 Å². The van der Waals surface area contributed by atoms with Crippen molar-refractivity contribution in [3.8, 4) is 0 Å². The van der Waals surface area contributed by atoms with E-state index < -0.39 is 0 Å². The Balaban J connectivity index is 2.36. The monoisotopic (exact) mass is 260 g/mol. The van der Waals surface area contributed by atoms with Gasteiger partial charge < -0.3 is 5.32 Å². The van der Waals surface area contributed by atoms with E-state index in [0.717, 1.165) is 35.1 Å². The molecule has 0 aliphatic rings. The summed E-state index contributed by atoms with van der Waals surface area (Å²) in [7, 11) is 1.84. The number of pyridine rings is 1. The molecule has 0 aliphatic heterocycles. The van der Waals surface area contributed by atoms with Crippen molar-refractivity contribution < 1.29 is 4.79 Å². The molecule has 0 unspecified atom stereocenters. The molecule has 102 valence electrons. The first-order valence-corrected chi connectivity index (χ1v) is 6.63. The maximum atomic E-state index is 11.8. The maximum Gasteiger partial charge on any atom is 0.225 e. The smallest absolute Gasteiger partial charge is 0.225 e. The van der Waals surface area contributed by atoms with E-state index in [4.69, 9.17) is 0 Å². The van der Waals surface area contributed by atoms with E-state index in [1.54, 1.807) is 4.68 Å². The second-order valence-corrected chi connectivity index (χ2v) is 4.90. The molecule has 0 spiro atoms. The van der Waals surface area contributed by atoms with E-state index in [0.29, 0.717) is 12.2 Å². The molecular formula is C14H20N4O. The lowest BCUT2D eigenvalue weighted by molar-refractivity contribution is -0.116. The van der Waals surface area contributed by atoms with Crippen LogP contribution in [0.4, 0.5) is 5.82 Å². The van der Waals surface area contributed by atoms with E-state index in [1.807, 2.05) is 27.0 Å². The Bertz CT molecular complexity index is 615. The molecule has 2 aromatic heterocycles. The molecule has 1 N–H and O–H groups in total. The second-order valence-electron chi connectivity index (χ2n) is 4.90. The lowest BCUT2D eigenvalue weighted by Crippen LogP contribution is -2.12. The van der Waals surface area contributed by atoms with Crippen LogP contribution in [0.5, 0.6) is 0 Å². The van der Waals surface area contributed by atoms with Crippen molar-refractivity contribution >= 4 is 22.8 Å². The maximum absolute atomic E-state index is 11.8. The number of aromatic nitrogens is 3. The number of amides is 1. The van der Waals surface area contributed by atoms with E-state index in [9.17, 15) is 4.79 Å². The van der Waals surface area contributed by atoms with Crippen molar-refractivity contribution in [2.45, 2.75) is 40.0 Å². The Hall–Kier alpha value is -1.91. The molecule has 0 atom stereocenters. The number of carbonyl (C=O) groups is 1. The molecule has 0 saturated heterocycles. The zero-order valence-electron chi connectivity index (χ0n) is 11.9. The van der Waals surface area contributed by atoms with E-state index >= 15 is 0 Å². The van der Waals surface area contributed by atoms with Crippen LogP contribution in [-0.4, -0.2) is 20.7 Å². The molecular weight excluding hydrogens is 240 g/mol. The Morgan fingerprint density at radius 2 is 2.16 bits per heavy atom. The van der Waals surface area contributed by atoms with Gasteiger partial charge in [-0.1, -0.05) is 13.3 Å². The highest BCUT2D eigenvalue weighted by atomic mass is 16.1. The van der Waals surface area contributed by atoms with Gasteiger partial charge in [0.05, 0.1) is 5.39 Å². The summed E-state index contributed by atoms with van der Waals surface area (Å²) in [5.41, 5.74) is 2.85. The van der Waals surface area contributed by atoms with Crippen molar-refractivity contribution in [1.82, 2.24) is 14.8 Å². The highest BCUT2D eigenvalue weighted by Crippen LogP contribution is 2.25. The molecule has 2 rings (SSSR count). The van der Waals surface area contributed by atoms with Gasteiger partial charge in [0, 0.05) is 19.2 Å². The van der Waals surface area contributed by atoms with Crippen LogP contribution in [-0.2, 0) is 11.8 Å². The molecule has 0 aromatic carbocycles. The third-order valence-electron chi connectivity index (χ3n) is 3.13. The van der Waals surface area contributed by atoms with Gasteiger partial charge in [-0.3, -0.25) is 4.79 Å². The average Bonchev–Trinajstić information content (AvgIpc) is 2.63. The molecule has 1 amide bonds. The molecule has 0 saturated carbocycles. The van der Waals surface area contributed by atoms with Crippen LogP contribution in [0.15, 0.2) is 6.07 Å². The SMILES string of the molecule is CCCCC(=O)Nc1nn(C)c2nc(C)cc(C)c12. The fraction of sp³-hybridized carbons (Fsp3) is 0.500. The molecule has 2 heterocycles. The second kappa shape index (κ2) is 5.38. The van der Waals surface area contributed by atoms with Crippen molar-refractivity contribution in [2.75, 3.05) is 5.32 Å². The Morgan fingerprint density at radius 1 is 1.42 bits per heavy atom. The van der Waals surface area contributed by atoms with Gasteiger partial charge in [-0.05, 0) is 31.9 Å². The average molecular weight is 260 g/mol. The summed E-state index contributed by atoms with van der Waals surface area (Å²) in [6.45, 7) is 6.04. The Kier molecular flexibility index (Phi) is 3.83. The van der Waals surface area contributed by atoms with Gasteiger partial charge in [0.2, 0.25) is 5.91 Å². The van der Waals surface area contributed by atoms with Gasteiger partial charge in [0.15, 0.2) is 11.5 Å². The van der Waals surface area contributed by atoms with Gasteiger partial charge in [0.25, 0.3) is 0 Å². The highest BCUT2D eigenvalue weighted by molar-refractivity contribution is 6.00. The third kappa shape index (κ3) is 2.75. The van der Waals surface area contributed by atoms with Gasteiger partial charge in [-0.15, -0.1) is 0 Å².